The van der Waals surface area contributed by atoms with Gasteiger partial charge in [-0.15, -0.1) is 0 Å². The molecule has 2 aromatic heterocycles. The van der Waals surface area contributed by atoms with Gasteiger partial charge in [-0.3, -0.25) is 9.59 Å². The topological polar surface area (TPSA) is 75.9 Å². The van der Waals surface area contributed by atoms with Gasteiger partial charge in [0.15, 0.2) is 5.69 Å². The van der Waals surface area contributed by atoms with Crippen LogP contribution in [0.15, 0.2) is 24.4 Å². The summed E-state index contributed by atoms with van der Waals surface area (Å²) in [6, 6.07) is 5.82. The zero-order chi connectivity index (χ0) is 21.0. The quantitative estimate of drug-likeness (QED) is 0.706. The highest BCUT2D eigenvalue weighted by molar-refractivity contribution is 5.94. The number of pyridine rings is 1. The molecule has 7 nitrogen and oxygen atoms in total. The molecule has 1 N–H and O–H groups in total. The molecule has 4 rings (SSSR count). The lowest BCUT2D eigenvalue weighted by atomic mass is 9.79. The summed E-state index contributed by atoms with van der Waals surface area (Å²) in [5, 5.41) is 3.67. The van der Waals surface area contributed by atoms with Gasteiger partial charge in [-0.25, -0.2) is 4.98 Å². The predicted octanol–water partition coefficient (Wildman–Crippen LogP) is 3.32. The first kappa shape index (κ1) is 20.8. The monoisotopic (exact) mass is 412 g/mol. The van der Waals surface area contributed by atoms with Crippen molar-refractivity contribution in [2.45, 2.75) is 70.4 Å². The van der Waals surface area contributed by atoms with E-state index < -0.39 is 0 Å². The second kappa shape index (κ2) is 9.16. The highest BCUT2D eigenvalue weighted by Crippen LogP contribution is 2.32. The maximum absolute atomic E-state index is 13.2. The van der Waals surface area contributed by atoms with Crippen molar-refractivity contribution >= 4 is 17.5 Å². The number of nitrogens with one attached hydrogen (secondary N) is 1. The van der Waals surface area contributed by atoms with E-state index in [0.29, 0.717) is 25.3 Å². The minimum absolute atomic E-state index is 0.0103. The van der Waals surface area contributed by atoms with Crippen LogP contribution in [0.5, 0.6) is 0 Å². The van der Waals surface area contributed by atoms with Crippen LogP contribution in [0.4, 0.5) is 0 Å². The molecule has 30 heavy (non-hydrogen) atoms. The standard InChI is InChI=1S/C23H32N4O3/c1-2-30-20(28)16-23(11-5-3-6-12-23)24-17-18-21(22(29)26-13-8-9-14-26)25-19-10-4-7-15-27(18)19/h4,7,10,15,24H,2-3,5-6,8-9,11-14,16-17H2,1H3. The molecule has 3 heterocycles. The Labute approximate surface area is 177 Å². The van der Waals surface area contributed by atoms with Crippen molar-refractivity contribution in [3.63, 3.8) is 0 Å². The van der Waals surface area contributed by atoms with Crippen LogP contribution in [0.25, 0.3) is 5.65 Å². The Morgan fingerprint density at radius 2 is 1.90 bits per heavy atom. The number of amides is 1. The average molecular weight is 413 g/mol. The van der Waals surface area contributed by atoms with Gasteiger partial charge < -0.3 is 19.4 Å². The number of fused-ring (bicyclic) bond motifs is 1. The average Bonchev–Trinajstić information content (AvgIpc) is 3.41. The second-order valence-electron chi connectivity index (χ2n) is 8.51. The van der Waals surface area contributed by atoms with Crippen LogP contribution in [-0.4, -0.2) is 51.4 Å². The zero-order valence-corrected chi connectivity index (χ0v) is 17.9. The predicted molar refractivity (Wildman–Crippen MR) is 114 cm³/mol. The number of carbonyl (C=O) groups excluding carboxylic acids is 2. The Balaban J connectivity index is 1.60. The van der Waals surface area contributed by atoms with Crippen LogP contribution >= 0.6 is 0 Å². The molecule has 0 bridgehead atoms. The van der Waals surface area contributed by atoms with Gasteiger partial charge in [-0.1, -0.05) is 25.3 Å². The van der Waals surface area contributed by atoms with E-state index in [2.05, 4.69) is 10.3 Å². The summed E-state index contributed by atoms with van der Waals surface area (Å²) in [4.78, 5) is 32.1. The molecule has 1 aliphatic carbocycles. The summed E-state index contributed by atoms with van der Waals surface area (Å²) in [6.07, 6.45) is 9.70. The fraction of sp³-hybridized carbons (Fsp3) is 0.609. The number of aromatic nitrogens is 2. The van der Waals surface area contributed by atoms with Gasteiger partial charge in [0.1, 0.15) is 5.65 Å². The minimum atomic E-state index is -0.280. The maximum atomic E-state index is 13.2. The highest BCUT2D eigenvalue weighted by atomic mass is 16.5. The molecule has 0 radical (unpaired) electrons. The summed E-state index contributed by atoms with van der Waals surface area (Å²) < 4.78 is 7.25. The molecule has 0 spiro atoms. The molecule has 1 aliphatic heterocycles. The first-order valence-electron chi connectivity index (χ1n) is 11.3. The molecule has 162 valence electrons. The van der Waals surface area contributed by atoms with Crippen molar-refractivity contribution in [2.24, 2.45) is 0 Å². The number of hydrogen-bond donors (Lipinski definition) is 1. The van der Waals surface area contributed by atoms with Crippen LogP contribution in [0.2, 0.25) is 0 Å². The maximum Gasteiger partial charge on any atom is 0.307 e. The summed E-state index contributed by atoms with van der Waals surface area (Å²) in [5.74, 6) is -0.144. The molecule has 2 fully saturated rings. The Kier molecular flexibility index (Phi) is 6.37. The first-order valence-corrected chi connectivity index (χ1v) is 11.3. The summed E-state index contributed by atoms with van der Waals surface area (Å²) in [7, 11) is 0. The summed E-state index contributed by atoms with van der Waals surface area (Å²) in [6.45, 7) is 4.34. The molecule has 2 aliphatic rings. The number of esters is 1. The number of ether oxygens (including phenoxy) is 1. The van der Waals surface area contributed by atoms with Crippen molar-refractivity contribution in [3.8, 4) is 0 Å². The highest BCUT2D eigenvalue weighted by Gasteiger charge is 2.35. The number of carbonyl (C=O) groups is 2. The first-order chi connectivity index (χ1) is 14.6. The van der Waals surface area contributed by atoms with E-state index >= 15 is 0 Å². The number of hydrogen-bond acceptors (Lipinski definition) is 5. The molecule has 7 heteroatoms. The van der Waals surface area contributed by atoms with Crippen LogP contribution in [-0.2, 0) is 16.1 Å². The molecule has 1 amide bonds. The molecule has 0 aromatic carbocycles. The van der Waals surface area contributed by atoms with Crippen molar-refractivity contribution in [3.05, 3.63) is 35.8 Å². The van der Waals surface area contributed by atoms with Crippen molar-refractivity contribution in [1.29, 1.82) is 0 Å². The number of rotatable bonds is 7. The molecular formula is C23H32N4O3. The number of imidazole rings is 1. The van der Waals surface area contributed by atoms with Crippen LogP contribution < -0.4 is 5.32 Å². The minimum Gasteiger partial charge on any atom is -0.466 e. The normalized spacial score (nSPS) is 18.6. The zero-order valence-electron chi connectivity index (χ0n) is 17.9. The van der Waals surface area contributed by atoms with Crippen molar-refractivity contribution in [1.82, 2.24) is 19.6 Å². The van der Waals surface area contributed by atoms with E-state index in [1.54, 1.807) is 0 Å². The lowest BCUT2D eigenvalue weighted by Gasteiger charge is -2.37. The Morgan fingerprint density at radius 3 is 2.63 bits per heavy atom. The fourth-order valence-electron chi connectivity index (χ4n) is 4.86. The van der Waals surface area contributed by atoms with E-state index in [1.807, 2.05) is 40.6 Å². The van der Waals surface area contributed by atoms with Crippen LogP contribution in [0.1, 0.15) is 74.5 Å². The van der Waals surface area contributed by atoms with Crippen molar-refractivity contribution < 1.29 is 14.3 Å². The molecule has 1 saturated heterocycles. The van der Waals surface area contributed by atoms with E-state index in [1.165, 1.54) is 6.42 Å². The largest absolute Gasteiger partial charge is 0.466 e. The summed E-state index contributed by atoms with van der Waals surface area (Å²) >= 11 is 0. The number of likely N-dealkylation sites (tertiary alicyclic amines) is 1. The van der Waals surface area contributed by atoms with Gasteiger partial charge >= 0.3 is 5.97 Å². The van der Waals surface area contributed by atoms with Crippen molar-refractivity contribution in [2.75, 3.05) is 19.7 Å². The third-order valence-corrected chi connectivity index (χ3v) is 6.45. The molecule has 0 atom stereocenters. The van der Waals surface area contributed by atoms with E-state index in [9.17, 15) is 9.59 Å². The van der Waals surface area contributed by atoms with Gasteiger partial charge in [0.25, 0.3) is 5.91 Å². The molecular weight excluding hydrogens is 380 g/mol. The fourth-order valence-corrected chi connectivity index (χ4v) is 4.86. The Hall–Kier alpha value is -2.41. The molecule has 0 unspecified atom stereocenters. The third-order valence-electron chi connectivity index (χ3n) is 6.45. The smallest absolute Gasteiger partial charge is 0.307 e. The Bertz CT molecular complexity index is 895. The second-order valence-corrected chi connectivity index (χ2v) is 8.51. The SMILES string of the molecule is CCOC(=O)CC1(NCc2c(C(=O)N3CCCC3)nc3ccccn23)CCCCC1. The molecule has 2 aromatic rings. The number of nitrogens with zero attached hydrogens (tertiary/aromatic N) is 3. The van der Waals surface area contributed by atoms with E-state index in [0.717, 1.165) is 63.0 Å². The van der Waals surface area contributed by atoms with E-state index in [4.69, 9.17) is 4.74 Å². The van der Waals surface area contributed by atoms with Crippen LogP contribution in [0, 0.1) is 0 Å². The van der Waals surface area contributed by atoms with Gasteiger partial charge in [-0.05, 0) is 44.7 Å². The van der Waals surface area contributed by atoms with Gasteiger partial charge in [-0.2, -0.15) is 0 Å². The molecule has 1 saturated carbocycles. The van der Waals surface area contributed by atoms with Gasteiger partial charge in [0, 0.05) is 31.4 Å². The summed E-state index contributed by atoms with van der Waals surface area (Å²) in [5.41, 5.74) is 1.89. The van der Waals surface area contributed by atoms with Crippen LogP contribution in [0.3, 0.4) is 0 Å². The Morgan fingerprint density at radius 1 is 1.13 bits per heavy atom. The lowest BCUT2D eigenvalue weighted by molar-refractivity contribution is -0.145. The lowest BCUT2D eigenvalue weighted by Crippen LogP contribution is -2.48. The van der Waals surface area contributed by atoms with Gasteiger partial charge in [0.2, 0.25) is 0 Å². The van der Waals surface area contributed by atoms with Gasteiger partial charge in [0.05, 0.1) is 18.7 Å². The van der Waals surface area contributed by atoms with E-state index in [-0.39, 0.29) is 17.4 Å². The third kappa shape index (κ3) is 4.36.